The fourth-order valence-electron chi connectivity index (χ4n) is 1.79. The fourth-order valence-corrected chi connectivity index (χ4v) is 2.62. The van der Waals surface area contributed by atoms with Crippen molar-refractivity contribution in [3.8, 4) is 22.6 Å². The Labute approximate surface area is 130 Å². The molecular formula is C20H24Si. The number of hydrogen-bond donors (Lipinski definition) is 0. The van der Waals surface area contributed by atoms with Gasteiger partial charge in [0.25, 0.3) is 0 Å². The molecule has 1 heteroatoms. The van der Waals surface area contributed by atoms with Crippen molar-refractivity contribution in [3.63, 3.8) is 0 Å². The Hall–Kier alpha value is -1.78. The number of rotatable bonds is 1. The molecule has 0 fully saturated rings. The van der Waals surface area contributed by atoms with Crippen molar-refractivity contribution in [2.24, 2.45) is 0 Å². The zero-order valence-electron chi connectivity index (χ0n) is 13.7. The van der Waals surface area contributed by atoms with E-state index in [1.54, 1.807) is 0 Å². The van der Waals surface area contributed by atoms with Crippen molar-refractivity contribution < 1.29 is 0 Å². The van der Waals surface area contributed by atoms with Crippen LogP contribution in [-0.2, 0) is 0 Å². The van der Waals surface area contributed by atoms with Crippen molar-refractivity contribution >= 4 is 8.07 Å². The Morgan fingerprint density at radius 3 is 1.81 bits per heavy atom. The molecule has 0 amide bonds. The van der Waals surface area contributed by atoms with Gasteiger partial charge in [-0.3, -0.25) is 0 Å². The van der Waals surface area contributed by atoms with Crippen LogP contribution in [0.1, 0.15) is 26.3 Å². The third-order valence-electron chi connectivity index (χ3n) is 4.39. The predicted octanol–water partition coefficient (Wildman–Crippen LogP) is 5.75. The van der Waals surface area contributed by atoms with Gasteiger partial charge >= 0.3 is 0 Å². The molecule has 0 saturated carbocycles. The average molecular weight is 292 g/mol. The highest BCUT2D eigenvalue weighted by molar-refractivity contribution is 6.87. The maximum atomic E-state index is 3.56. The highest BCUT2D eigenvalue weighted by atomic mass is 28.3. The van der Waals surface area contributed by atoms with Gasteiger partial charge in [0.1, 0.15) is 8.07 Å². The molecular weight excluding hydrogens is 268 g/mol. The Kier molecular flexibility index (Phi) is 4.39. The minimum atomic E-state index is -1.53. The molecule has 0 aliphatic rings. The maximum Gasteiger partial charge on any atom is 0.138 e. The molecule has 0 unspecified atom stereocenters. The summed E-state index contributed by atoms with van der Waals surface area (Å²) in [4.78, 5) is 0. The van der Waals surface area contributed by atoms with Gasteiger partial charge in [-0.1, -0.05) is 82.3 Å². The second-order valence-electron chi connectivity index (χ2n) is 7.07. The number of benzene rings is 2. The maximum absolute atomic E-state index is 3.56. The summed E-state index contributed by atoms with van der Waals surface area (Å²) >= 11 is 0. The van der Waals surface area contributed by atoms with E-state index in [4.69, 9.17) is 0 Å². The van der Waals surface area contributed by atoms with Crippen molar-refractivity contribution in [3.05, 3.63) is 60.2 Å². The van der Waals surface area contributed by atoms with Crippen LogP contribution in [0.25, 0.3) is 11.1 Å². The molecule has 21 heavy (non-hydrogen) atoms. The molecule has 0 aliphatic carbocycles. The van der Waals surface area contributed by atoms with E-state index in [2.05, 4.69) is 93.9 Å². The van der Waals surface area contributed by atoms with E-state index in [0.717, 1.165) is 5.56 Å². The Morgan fingerprint density at radius 1 is 0.762 bits per heavy atom. The lowest BCUT2D eigenvalue weighted by Crippen LogP contribution is -2.35. The summed E-state index contributed by atoms with van der Waals surface area (Å²) in [6.07, 6.45) is 0. The Bertz CT molecular complexity index is 647. The molecule has 0 N–H and O–H groups in total. The first kappa shape index (κ1) is 15.6. The summed E-state index contributed by atoms with van der Waals surface area (Å²) < 4.78 is 0. The summed E-state index contributed by atoms with van der Waals surface area (Å²) in [6.45, 7) is 11.6. The predicted molar refractivity (Wildman–Crippen MR) is 96.0 cm³/mol. The smallest absolute Gasteiger partial charge is 0.126 e. The average Bonchev–Trinajstić information content (AvgIpc) is 2.45. The van der Waals surface area contributed by atoms with Crippen LogP contribution in [0.3, 0.4) is 0 Å². The summed E-state index contributed by atoms with van der Waals surface area (Å²) in [7, 11) is -1.53. The molecule has 2 rings (SSSR count). The van der Waals surface area contributed by atoms with Gasteiger partial charge < -0.3 is 0 Å². The van der Waals surface area contributed by atoms with Crippen LogP contribution in [0.5, 0.6) is 0 Å². The Morgan fingerprint density at radius 2 is 1.29 bits per heavy atom. The van der Waals surface area contributed by atoms with Crippen LogP contribution in [0, 0.1) is 11.5 Å². The Balaban J connectivity index is 2.22. The van der Waals surface area contributed by atoms with Crippen LogP contribution in [0.2, 0.25) is 18.1 Å². The third kappa shape index (κ3) is 3.86. The first-order valence-electron chi connectivity index (χ1n) is 7.48. The van der Waals surface area contributed by atoms with E-state index in [9.17, 15) is 0 Å². The van der Waals surface area contributed by atoms with Gasteiger partial charge in [0.2, 0.25) is 0 Å². The lowest BCUT2D eigenvalue weighted by molar-refractivity contribution is 0.731. The first-order valence-corrected chi connectivity index (χ1v) is 10.5. The highest BCUT2D eigenvalue weighted by Gasteiger charge is 2.33. The van der Waals surface area contributed by atoms with E-state index < -0.39 is 8.07 Å². The SMILES string of the molecule is CC(C)(C)[Si](C)(C)C#Cc1ccc(-c2ccccc2)cc1. The first-order chi connectivity index (χ1) is 9.79. The summed E-state index contributed by atoms with van der Waals surface area (Å²) in [5, 5.41) is 0.310. The van der Waals surface area contributed by atoms with Crippen LogP contribution in [0.15, 0.2) is 54.6 Å². The van der Waals surface area contributed by atoms with Crippen LogP contribution >= 0.6 is 0 Å². The normalized spacial score (nSPS) is 11.7. The minimum Gasteiger partial charge on any atom is -0.126 e. The van der Waals surface area contributed by atoms with Gasteiger partial charge in [-0.05, 0) is 28.3 Å². The lowest BCUT2D eigenvalue weighted by atomic mass is 10.0. The van der Waals surface area contributed by atoms with Gasteiger partial charge in [-0.2, -0.15) is 0 Å². The topological polar surface area (TPSA) is 0 Å². The molecule has 0 aromatic heterocycles. The molecule has 0 bridgehead atoms. The lowest BCUT2D eigenvalue weighted by Gasteiger charge is -2.31. The van der Waals surface area contributed by atoms with E-state index in [-0.39, 0.29) is 0 Å². The molecule has 0 spiro atoms. The third-order valence-corrected chi connectivity index (χ3v) is 8.89. The molecule has 2 aromatic carbocycles. The summed E-state index contributed by atoms with van der Waals surface area (Å²) in [5.74, 6) is 3.38. The van der Waals surface area contributed by atoms with E-state index >= 15 is 0 Å². The van der Waals surface area contributed by atoms with E-state index in [0.29, 0.717) is 5.04 Å². The minimum absolute atomic E-state index is 0.310. The highest BCUT2D eigenvalue weighted by Crippen LogP contribution is 2.35. The van der Waals surface area contributed by atoms with Crippen LogP contribution < -0.4 is 0 Å². The molecule has 2 aromatic rings. The van der Waals surface area contributed by atoms with Crippen molar-refractivity contribution in [1.82, 2.24) is 0 Å². The second-order valence-corrected chi connectivity index (χ2v) is 12.1. The summed E-state index contributed by atoms with van der Waals surface area (Å²) in [6, 6.07) is 19.0. The zero-order chi connectivity index (χ0) is 15.5. The van der Waals surface area contributed by atoms with Gasteiger partial charge in [0.15, 0.2) is 0 Å². The van der Waals surface area contributed by atoms with Crippen molar-refractivity contribution in [1.29, 1.82) is 0 Å². The quantitative estimate of drug-likeness (QED) is 0.463. The number of hydrogen-bond acceptors (Lipinski definition) is 0. The largest absolute Gasteiger partial charge is 0.138 e. The van der Waals surface area contributed by atoms with E-state index in [1.807, 2.05) is 6.07 Å². The van der Waals surface area contributed by atoms with Crippen LogP contribution in [-0.4, -0.2) is 8.07 Å². The van der Waals surface area contributed by atoms with Gasteiger partial charge in [0, 0.05) is 5.56 Å². The molecule has 0 atom stereocenters. The van der Waals surface area contributed by atoms with Gasteiger partial charge in [-0.15, -0.1) is 5.54 Å². The molecule has 108 valence electrons. The van der Waals surface area contributed by atoms with Gasteiger partial charge in [0.05, 0.1) is 0 Å². The summed E-state index contributed by atoms with van der Waals surface area (Å²) in [5.41, 5.74) is 7.17. The monoisotopic (exact) mass is 292 g/mol. The van der Waals surface area contributed by atoms with Gasteiger partial charge in [-0.25, -0.2) is 0 Å². The second kappa shape index (κ2) is 5.91. The standard InChI is InChI=1S/C20H24Si/c1-20(2,3)21(4,5)16-15-17-11-13-19(14-12-17)18-9-7-6-8-10-18/h6-14H,1-5H3. The van der Waals surface area contributed by atoms with E-state index in [1.165, 1.54) is 11.1 Å². The molecule has 0 saturated heterocycles. The zero-order valence-corrected chi connectivity index (χ0v) is 14.7. The van der Waals surface area contributed by atoms with Crippen LogP contribution in [0.4, 0.5) is 0 Å². The molecule has 0 nitrogen and oxygen atoms in total. The van der Waals surface area contributed by atoms with Crippen molar-refractivity contribution in [2.45, 2.75) is 38.9 Å². The molecule has 0 heterocycles. The molecule has 0 radical (unpaired) electrons. The van der Waals surface area contributed by atoms with Crippen molar-refractivity contribution in [2.75, 3.05) is 0 Å². The molecule has 0 aliphatic heterocycles. The fraction of sp³-hybridized carbons (Fsp3) is 0.300.